The molecule has 0 heterocycles. The first kappa shape index (κ1) is 49.6. The minimum absolute atomic E-state index is 0. The number of alkyl halides is 2. The van der Waals surface area contributed by atoms with Crippen LogP contribution in [0.15, 0.2) is 87.5 Å². The predicted molar refractivity (Wildman–Crippen MR) is 222 cm³/mol. The zero-order valence-corrected chi connectivity index (χ0v) is 35.4. The minimum atomic E-state index is -3.96. The first-order valence-electron chi connectivity index (χ1n) is 19.2. The standard InChI is InChI=1S/C29H37S.C15H28F2O5S.CH4/c1-21(2)22-9-15-25(16-10-22)30(26-17-11-23(12-18-26)28(3,4)5)27-19-13-24(14-20-27)29(6,7)8;1-3-4-5-6-7-8-9-10-11-12-13(2)20-14(18)15(16,17)23-22-21-19;/h9-21H,1-8H3;13,19H,3-12H2,1-2H3;1H4/q+1;;/p-1. The van der Waals surface area contributed by atoms with Gasteiger partial charge >= 0.3 is 11.2 Å². The third kappa shape index (κ3) is 17.6. The van der Waals surface area contributed by atoms with Gasteiger partial charge in [-0.05, 0) is 89.6 Å². The molecule has 0 aliphatic rings. The maximum Gasteiger partial charge on any atom is 0.415 e. The van der Waals surface area contributed by atoms with Crippen molar-refractivity contribution in [2.24, 2.45) is 0 Å². The zero-order valence-electron chi connectivity index (χ0n) is 33.8. The minimum Gasteiger partial charge on any atom is -0.691 e. The summed E-state index contributed by atoms with van der Waals surface area (Å²) in [6, 6.07) is 27.8. The molecule has 0 saturated carbocycles. The van der Waals surface area contributed by atoms with E-state index in [0.717, 1.165) is 19.3 Å². The van der Waals surface area contributed by atoms with E-state index in [1.165, 1.54) is 69.9 Å². The van der Waals surface area contributed by atoms with Crippen molar-refractivity contribution in [2.75, 3.05) is 0 Å². The van der Waals surface area contributed by atoms with Crippen LogP contribution in [-0.4, -0.2) is 17.3 Å². The van der Waals surface area contributed by atoms with Gasteiger partial charge in [-0.15, -0.1) is 0 Å². The number of hydrogen-bond acceptors (Lipinski definition) is 6. The molecule has 1 unspecified atom stereocenters. The number of esters is 1. The molecule has 3 rings (SSSR count). The van der Waals surface area contributed by atoms with Crippen molar-refractivity contribution in [3.63, 3.8) is 0 Å². The molecule has 1 atom stereocenters. The Bertz CT molecular complexity index is 1390. The topological polar surface area (TPSA) is 67.8 Å². The molecule has 5 nitrogen and oxygen atoms in total. The highest BCUT2D eigenvalue weighted by atomic mass is 32.2. The summed E-state index contributed by atoms with van der Waals surface area (Å²) in [5.74, 6) is -1.18. The summed E-state index contributed by atoms with van der Waals surface area (Å²) in [4.78, 5) is 15.3. The lowest BCUT2D eigenvalue weighted by Crippen LogP contribution is -2.31. The molecule has 304 valence electrons. The van der Waals surface area contributed by atoms with Crippen molar-refractivity contribution < 1.29 is 32.9 Å². The average molecular weight is 791 g/mol. The lowest BCUT2D eigenvalue weighted by Gasteiger charge is -2.20. The summed E-state index contributed by atoms with van der Waals surface area (Å²) in [6.45, 7) is 21.9. The second-order valence-electron chi connectivity index (χ2n) is 16.1. The zero-order chi connectivity index (χ0) is 39.7. The molecule has 0 radical (unpaired) electrons. The van der Waals surface area contributed by atoms with Crippen molar-refractivity contribution in [3.8, 4) is 0 Å². The van der Waals surface area contributed by atoms with E-state index in [2.05, 4.69) is 149 Å². The molecule has 0 bridgehead atoms. The van der Waals surface area contributed by atoms with Crippen molar-refractivity contribution >= 4 is 28.9 Å². The van der Waals surface area contributed by atoms with E-state index in [-0.39, 0.29) is 29.2 Å². The van der Waals surface area contributed by atoms with Gasteiger partial charge in [0.2, 0.25) is 0 Å². The van der Waals surface area contributed by atoms with Gasteiger partial charge in [0.05, 0.1) is 17.0 Å². The number of carbonyl (C=O) groups excluding carboxylic acids is 1. The van der Waals surface area contributed by atoms with Gasteiger partial charge in [-0.25, -0.2) is 4.79 Å². The number of benzene rings is 3. The smallest absolute Gasteiger partial charge is 0.415 e. The predicted octanol–water partition coefficient (Wildman–Crippen LogP) is 13.4. The summed E-state index contributed by atoms with van der Waals surface area (Å²) in [5.41, 5.74) is 4.50. The van der Waals surface area contributed by atoms with E-state index in [1.807, 2.05) is 0 Å². The monoisotopic (exact) mass is 790 g/mol. The quantitative estimate of drug-likeness (QED) is 0.0301. The lowest BCUT2D eigenvalue weighted by atomic mass is 9.87. The Balaban J connectivity index is 0.000000552. The molecule has 0 saturated heterocycles. The summed E-state index contributed by atoms with van der Waals surface area (Å²) < 4.78 is 34.4. The number of ether oxygens (including phenoxy) is 1. The highest BCUT2D eigenvalue weighted by Gasteiger charge is 2.44. The normalized spacial score (nSPS) is 12.6. The molecule has 0 aromatic heterocycles. The van der Waals surface area contributed by atoms with Crippen LogP contribution in [0, 0.1) is 0 Å². The fourth-order valence-electron chi connectivity index (χ4n) is 5.72. The van der Waals surface area contributed by atoms with Crippen molar-refractivity contribution in [3.05, 3.63) is 89.5 Å². The van der Waals surface area contributed by atoms with Gasteiger partial charge in [0.15, 0.2) is 14.7 Å². The van der Waals surface area contributed by atoms with Crippen molar-refractivity contribution in [1.82, 2.24) is 0 Å². The molecule has 0 fully saturated rings. The highest BCUT2D eigenvalue weighted by Crippen LogP contribution is 2.35. The largest absolute Gasteiger partial charge is 0.691 e. The Hall–Kier alpha value is -2.43. The number of carbonyl (C=O) groups is 1. The summed E-state index contributed by atoms with van der Waals surface area (Å²) in [7, 11) is -0.106. The summed E-state index contributed by atoms with van der Waals surface area (Å²) in [5, 5.41) is 8.32. The van der Waals surface area contributed by atoms with Crippen LogP contribution in [0.2, 0.25) is 0 Å². The van der Waals surface area contributed by atoms with Crippen LogP contribution < -0.4 is 5.26 Å². The molecule has 3 aromatic rings. The van der Waals surface area contributed by atoms with Gasteiger partial charge in [-0.3, -0.25) is 5.04 Å². The lowest BCUT2D eigenvalue weighted by molar-refractivity contribution is -0.777. The Labute approximate surface area is 333 Å². The highest BCUT2D eigenvalue weighted by molar-refractivity contribution is 7.97. The maximum absolute atomic E-state index is 13.1. The Kier molecular flexibility index (Phi) is 22.3. The van der Waals surface area contributed by atoms with Gasteiger partial charge in [0.1, 0.15) is 12.0 Å². The second-order valence-corrected chi connectivity index (χ2v) is 19.0. The van der Waals surface area contributed by atoms with Crippen LogP contribution in [0.3, 0.4) is 0 Å². The van der Waals surface area contributed by atoms with Crippen LogP contribution in [0.4, 0.5) is 8.78 Å². The summed E-state index contributed by atoms with van der Waals surface area (Å²) in [6.07, 6.45) is 10.3. The van der Waals surface area contributed by atoms with Crippen LogP contribution >= 0.6 is 12.0 Å². The molecule has 0 aliphatic carbocycles. The third-order valence-corrected chi connectivity index (χ3v) is 11.9. The average Bonchev–Trinajstić information content (AvgIpc) is 3.10. The molecule has 0 N–H and O–H groups in total. The van der Waals surface area contributed by atoms with E-state index in [9.17, 15) is 18.8 Å². The number of rotatable bonds is 19. The number of hydrogen-bond donors (Lipinski definition) is 0. The van der Waals surface area contributed by atoms with E-state index in [1.54, 1.807) is 6.92 Å². The molecule has 0 amide bonds. The first-order valence-corrected chi connectivity index (χ1v) is 21.2. The van der Waals surface area contributed by atoms with E-state index in [0.29, 0.717) is 12.3 Å². The molecule has 54 heavy (non-hydrogen) atoms. The second kappa shape index (κ2) is 24.3. The van der Waals surface area contributed by atoms with Crippen LogP contribution in [0.1, 0.15) is 163 Å². The molecule has 0 aliphatic heterocycles. The summed E-state index contributed by atoms with van der Waals surface area (Å²) >= 11 is -0.671. The van der Waals surface area contributed by atoms with Crippen LogP contribution in [-0.2, 0) is 40.6 Å². The van der Waals surface area contributed by atoms with Gasteiger partial charge in [0, 0.05) is 0 Å². The van der Waals surface area contributed by atoms with E-state index in [4.69, 9.17) is 0 Å². The van der Waals surface area contributed by atoms with Gasteiger partial charge in [-0.1, -0.05) is 158 Å². The fourth-order valence-corrected chi connectivity index (χ4v) is 7.99. The van der Waals surface area contributed by atoms with Crippen LogP contribution in [0.5, 0.6) is 0 Å². The van der Waals surface area contributed by atoms with E-state index < -0.39 is 29.4 Å². The van der Waals surface area contributed by atoms with Crippen LogP contribution in [0.25, 0.3) is 0 Å². The molecular weight excluding hydrogens is 723 g/mol. The molecule has 0 spiro atoms. The van der Waals surface area contributed by atoms with Gasteiger partial charge < -0.3 is 9.99 Å². The maximum atomic E-state index is 13.1. The Morgan fingerprint density at radius 2 is 1.07 bits per heavy atom. The molecule has 3 aromatic carbocycles. The van der Waals surface area contributed by atoms with Gasteiger partial charge in [0.25, 0.3) is 0 Å². The van der Waals surface area contributed by atoms with Crippen molar-refractivity contribution in [2.45, 2.75) is 184 Å². The fraction of sp³-hybridized carbons (Fsp3) is 0.578. The molecule has 9 heteroatoms. The third-order valence-electron chi connectivity index (χ3n) is 9.12. The van der Waals surface area contributed by atoms with Gasteiger partial charge in [-0.2, -0.15) is 13.1 Å². The Morgan fingerprint density at radius 1 is 0.685 bits per heavy atom. The first-order chi connectivity index (χ1) is 24.9. The number of unbranched alkanes of at least 4 members (excludes halogenated alkanes) is 8. The van der Waals surface area contributed by atoms with Crippen molar-refractivity contribution in [1.29, 1.82) is 0 Å². The number of halogens is 2. The SMILES string of the molecule is C.CC(C)c1ccc([S+](c2ccc(C(C)(C)C)cc2)c2ccc(C(C)(C)C)cc2)cc1.CCCCCCCCCCCC(C)OC(=O)C(F)(F)SOO[O-]. The van der Waals surface area contributed by atoms with E-state index >= 15 is 0 Å². The Morgan fingerprint density at radius 3 is 1.44 bits per heavy atom. The molecular formula is C45H68F2O5S2.